The summed E-state index contributed by atoms with van der Waals surface area (Å²) in [5.41, 5.74) is 1.64. The lowest BCUT2D eigenvalue weighted by Crippen LogP contribution is -2.17. The van der Waals surface area contributed by atoms with Gasteiger partial charge in [-0.3, -0.25) is 9.59 Å². The minimum absolute atomic E-state index is 0.314. The number of rotatable bonds is 5. The molecular weight excluding hydrogens is 246 g/mol. The Bertz CT molecular complexity index is 469. The molecule has 0 aliphatic heterocycles. The average molecular weight is 265 g/mol. The molecule has 1 aromatic carbocycles. The number of amides is 1. The summed E-state index contributed by atoms with van der Waals surface area (Å²) in [6.07, 6.45) is -0.314. The number of carbonyl (C=O) groups is 2. The maximum absolute atomic E-state index is 11.7. The van der Waals surface area contributed by atoms with Crippen molar-refractivity contribution in [2.75, 3.05) is 19.5 Å². The molecule has 0 heterocycles. The molecule has 5 nitrogen and oxygen atoms in total. The van der Waals surface area contributed by atoms with E-state index < -0.39 is 11.9 Å². The molecule has 0 radical (unpaired) electrons. The van der Waals surface area contributed by atoms with Crippen LogP contribution in [0.15, 0.2) is 18.2 Å². The fourth-order valence-electron chi connectivity index (χ4n) is 1.58. The largest absolute Gasteiger partial charge is 0.495 e. The Morgan fingerprint density at radius 2 is 1.95 bits per heavy atom. The van der Waals surface area contributed by atoms with E-state index in [4.69, 9.17) is 4.74 Å². The highest BCUT2D eigenvalue weighted by Gasteiger charge is 2.13. The van der Waals surface area contributed by atoms with E-state index in [9.17, 15) is 9.59 Å². The van der Waals surface area contributed by atoms with Crippen LogP contribution < -0.4 is 10.1 Å². The van der Waals surface area contributed by atoms with E-state index in [0.717, 1.165) is 5.56 Å². The highest BCUT2D eigenvalue weighted by atomic mass is 16.5. The first-order valence-electron chi connectivity index (χ1n) is 6.02. The van der Waals surface area contributed by atoms with Crippen LogP contribution in [-0.2, 0) is 14.3 Å². The fourth-order valence-corrected chi connectivity index (χ4v) is 1.58. The van der Waals surface area contributed by atoms with Crippen molar-refractivity contribution in [1.29, 1.82) is 0 Å². The van der Waals surface area contributed by atoms with Crippen molar-refractivity contribution in [3.63, 3.8) is 0 Å². The van der Waals surface area contributed by atoms with E-state index in [1.807, 2.05) is 12.1 Å². The van der Waals surface area contributed by atoms with E-state index in [0.29, 0.717) is 17.4 Å². The lowest BCUT2D eigenvalue weighted by molar-refractivity contribution is -0.142. The maximum Gasteiger partial charge on any atom is 0.315 e. The van der Waals surface area contributed by atoms with Gasteiger partial charge in [0.05, 0.1) is 19.9 Å². The second kappa shape index (κ2) is 6.78. The van der Waals surface area contributed by atoms with Crippen LogP contribution in [0.25, 0.3) is 0 Å². The fraction of sp³-hybridized carbons (Fsp3) is 0.429. The molecule has 5 heteroatoms. The minimum atomic E-state index is -0.573. The molecule has 0 aliphatic rings. The van der Waals surface area contributed by atoms with Gasteiger partial charge in [0.1, 0.15) is 12.2 Å². The monoisotopic (exact) mass is 265 g/mol. The van der Waals surface area contributed by atoms with E-state index in [1.165, 1.54) is 14.2 Å². The van der Waals surface area contributed by atoms with Gasteiger partial charge in [-0.1, -0.05) is 19.9 Å². The zero-order chi connectivity index (χ0) is 14.4. The van der Waals surface area contributed by atoms with E-state index >= 15 is 0 Å². The number of esters is 1. The second-order valence-corrected chi connectivity index (χ2v) is 4.42. The van der Waals surface area contributed by atoms with E-state index in [2.05, 4.69) is 23.9 Å². The van der Waals surface area contributed by atoms with Gasteiger partial charge in [0.15, 0.2) is 0 Å². The van der Waals surface area contributed by atoms with Crippen molar-refractivity contribution in [2.45, 2.75) is 26.2 Å². The molecule has 0 aromatic heterocycles. The Morgan fingerprint density at radius 1 is 1.26 bits per heavy atom. The van der Waals surface area contributed by atoms with Gasteiger partial charge in [-0.05, 0) is 23.6 Å². The first kappa shape index (κ1) is 15.0. The third-order valence-electron chi connectivity index (χ3n) is 2.70. The van der Waals surface area contributed by atoms with Crippen LogP contribution in [0.4, 0.5) is 5.69 Å². The summed E-state index contributed by atoms with van der Waals surface area (Å²) in [5.74, 6) is -0.104. The number of anilines is 1. The smallest absolute Gasteiger partial charge is 0.315 e. The van der Waals surface area contributed by atoms with Gasteiger partial charge < -0.3 is 14.8 Å². The molecule has 0 atom stereocenters. The lowest BCUT2D eigenvalue weighted by Gasteiger charge is -2.13. The molecule has 104 valence electrons. The molecule has 0 aliphatic carbocycles. The highest BCUT2D eigenvalue weighted by Crippen LogP contribution is 2.28. The SMILES string of the molecule is COC(=O)CC(=O)Nc1cc(C(C)C)ccc1OC. The molecule has 1 aromatic rings. The Hall–Kier alpha value is -2.04. The Balaban J connectivity index is 2.88. The van der Waals surface area contributed by atoms with Gasteiger partial charge in [-0.25, -0.2) is 0 Å². The Kier molecular flexibility index (Phi) is 5.36. The molecular formula is C14H19NO4. The quantitative estimate of drug-likeness (QED) is 0.655. The molecule has 0 saturated heterocycles. The summed E-state index contributed by atoms with van der Waals surface area (Å²) in [4.78, 5) is 22.7. The zero-order valence-electron chi connectivity index (χ0n) is 11.6. The van der Waals surface area contributed by atoms with E-state index in [-0.39, 0.29) is 6.42 Å². The summed E-state index contributed by atoms with van der Waals surface area (Å²) in [6.45, 7) is 4.11. The summed E-state index contributed by atoms with van der Waals surface area (Å²) < 4.78 is 9.63. The van der Waals surface area contributed by atoms with Crippen LogP contribution in [0.5, 0.6) is 5.75 Å². The normalized spacial score (nSPS) is 10.2. The molecule has 19 heavy (non-hydrogen) atoms. The van der Waals surface area contributed by atoms with Crippen LogP contribution in [0, 0.1) is 0 Å². The summed E-state index contributed by atoms with van der Waals surface area (Å²) in [5, 5.41) is 2.66. The van der Waals surface area contributed by atoms with Crippen LogP contribution in [-0.4, -0.2) is 26.1 Å². The van der Waals surface area contributed by atoms with Crippen molar-refractivity contribution < 1.29 is 19.1 Å². The molecule has 0 saturated carbocycles. The number of nitrogens with one attached hydrogen (secondary N) is 1. The lowest BCUT2D eigenvalue weighted by atomic mass is 10.0. The topological polar surface area (TPSA) is 64.6 Å². The van der Waals surface area contributed by atoms with E-state index in [1.54, 1.807) is 6.07 Å². The predicted molar refractivity (Wildman–Crippen MR) is 72.3 cm³/mol. The molecule has 1 N–H and O–H groups in total. The van der Waals surface area contributed by atoms with Crippen LogP contribution >= 0.6 is 0 Å². The molecule has 0 fully saturated rings. The third kappa shape index (κ3) is 4.28. The second-order valence-electron chi connectivity index (χ2n) is 4.42. The first-order valence-corrected chi connectivity index (χ1v) is 6.02. The number of hydrogen-bond acceptors (Lipinski definition) is 4. The molecule has 0 bridgehead atoms. The van der Waals surface area contributed by atoms with Gasteiger partial charge in [0, 0.05) is 0 Å². The Labute approximate surface area is 112 Å². The minimum Gasteiger partial charge on any atom is -0.495 e. The van der Waals surface area contributed by atoms with Gasteiger partial charge in [0.25, 0.3) is 0 Å². The number of carbonyl (C=O) groups excluding carboxylic acids is 2. The zero-order valence-corrected chi connectivity index (χ0v) is 11.6. The van der Waals surface area contributed by atoms with Gasteiger partial charge in [-0.2, -0.15) is 0 Å². The highest BCUT2D eigenvalue weighted by molar-refractivity contribution is 6.02. The number of ether oxygens (including phenoxy) is 2. The summed E-state index contributed by atoms with van der Waals surface area (Å²) >= 11 is 0. The summed E-state index contributed by atoms with van der Waals surface area (Å²) in [7, 11) is 2.77. The molecule has 0 unspecified atom stereocenters. The van der Waals surface area contributed by atoms with Crippen molar-refractivity contribution >= 4 is 17.6 Å². The summed E-state index contributed by atoms with van der Waals surface area (Å²) in [6, 6.07) is 5.58. The van der Waals surface area contributed by atoms with Crippen molar-refractivity contribution in [3.05, 3.63) is 23.8 Å². The Morgan fingerprint density at radius 3 is 2.47 bits per heavy atom. The molecule has 0 spiro atoms. The van der Waals surface area contributed by atoms with Crippen molar-refractivity contribution in [2.24, 2.45) is 0 Å². The van der Waals surface area contributed by atoms with Crippen molar-refractivity contribution in [1.82, 2.24) is 0 Å². The molecule has 1 rings (SSSR count). The van der Waals surface area contributed by atoms with Crippen LogP contribution in [0.2, 0.25) is 0 Å². The molecule has 1 amide bonds. The van der Waals surface area contributed by atoms with Gasteiger partial charge >= 0.3 is 5.97 Å². The third-order valence-corrected chi connectivity index (χ3v) is 2.70. The van der Waals surface area contributed by atoms with Crippen LogP contribution in [0.1, 0.15) is 31.7 Å². The van der Waals surface area contributed by atoms with Crippen LogP contribution in [0.3, 0.4) is 0 Å². The average Bonchev–Trinajstić information content (AvgIpc) is 2.38. The van der Waals surface area contributed by atoms with Crippen molar-refractivity contribution in [3.8, 4) is 5.75 Å². The maximum atomic E-state index is 11.7. The number of hydrogen-bond donors (Lipinski definition) is 1. The van der Waals surface area contributed by atoms with Gasteiger partial charge in [-0.15, -0.1) is 0 Å². The number of methoxy groups -OCH3 is 2. The first-order chi connectivity index (χ1) is 8.97. The standard InChI is InChI=1S/C14H19NO4/c1-9(2)10-5-6-12(18-3)11(7-10)15-13(16)8-14(17)19-4/h5-7,9H,8H2,1-4H3,(H,15,16). The van der Waals surface area contributed by atoms with Gasteiger partial charge in [0.2, 0.25) is 5.91 Å². The predicted octanol–water partition coefficient (Wildman–Crippen LogP) is 2.32. The number of benzene rings is 1.